The van der Waals surface area contributed by atoms with Gasteiger partial charge in [0.15, 0.2) is 0 Å². The van der Waals surface area contributed by atoms with Crippen LogP contribution in [0.2, 0.25) is 0 Å². The normalized spacial score (nSPS) is 19.9. The van der Waals surface area contributed by atoms with Crippen LogP contribution in [0.1, 0.15) is 12.8 Å². The molecule has 3 heterocycles. The van der Waals surface area contributed by atoms with Gasteiger partial charge in [0.2, 0.25) is 0 Å². The molecular weight excluding hydrogens is 360 g/mol. The highest BCUT2D eigenvalue weighted by molar-refractivity contribution is 5.78. The Kier molecular flexibility index (Phi) is 6.09. The smallest absolute Gasteiger partial charge is 0.326 e. The number of aromatic nitrogens is 2. The first-order chi connectivity index (χ1) is 13.7. The molecule has 1 aromatic heterocycles. The van der Waals surface area contributed by atoms with Gasteiger partial charge < -0.3 is 19.4 Å². The van der Waals surface area contributed by atoms with E-state index in [0.717, 1.165) is 65.3 Å². The molecule has 4 rings (SSSR count). The summed E-state index contributed by atoms with van der Waals surface area (Å²) in [6.45, 7) is 8.94. The number of morpholine rings is 1. The first-order valence-corrected chi connectivity index (χ1v) is 10.1. The van der Waals surface area contributed by atoms with Crippen LogP contribution in [0.4, 0.5) is 0 Å². The third kappa shape index (κ3) is 4.81. The molecule has 0 radical (unpaired) electrons. The van der Waals surface area contributed by atoms with E-state index in [1.54, 1.807) is 18.2 Å². The third-order valence-electron chi connectivity index (χ3n) is 5.74. The predicted octanol–water partition coefficient (Wildman–Crippen LogP) is 0.639. The van der Waals surface area contributed by atoms with E-state index in [1.807, 2.05) is 0 Å². The molecule has 8 nitrogen and oxygen atoms in total. The summed E-state index contributed by atoms with van der Waals surface area (Å²) in [5, 5.41) is 0.459. The van der Waals surface area contributed by atoms with Crippen LogP contribution in [0.3, 0.4) is 0 Å². The van der Waals surface area contributed by atoms with Gasteiger partial charge in [-0.3, -0.25) is 14.7 Å². The van der Waals surface area contributed by atoms with Crippen LogP contribution in [-0.2, 0) is 4.74 Å². The summed E-state index contributed by atoms with van der Waals surface area (Å²) >= 11 is 0. The number of nitrogens with one attached hydrogen (secondary N) is 2. The van der Waals surface area contributed by atoms with E-state index < -0.39 is 5.69 Å². The van der Waals surface area contributed by atoms with Crippen molar-refractivity contribution in [2.24, 2.45) is 5.92 Å². The number of fused-ring (bicyclic) bond motifs is 1. The van der Waals surface area contributed by atoms with Crippen molar-refractivity contribution < 1.29 is 9.47 Å². The SMILES string of the molecule is O=c1[nH]c(=O)c2ccc(OCC3CCN(CCN4CCOCC4)CC3)cc2[nH]1. The molecule has 152 valence electrons. The number of ether oxygens (including phenoxy) is 2. The molecule has 0 atom stereocenters. The number of H-pyrrole nitrogens is 2. The lowest BCUT2D eigenvalue weighted by molar-refractivity contribution is 0.0307. The van der Waals surface area contributed by atoms with Gasteiger partial charge in [-0.1, -0.05) is 0 Å². The third-order valence-corrected chi connectivity index (χ3v) is 5.74. The molecule has 2 fully saturated rings. The van der Waals surface area contributed by atoms with E-state index in [4.69, 9.17) is 9.47 Å². The zero-order chi connectivity index (χ0) is 19.3. The van der Waals surface area contributed by atoms with Crippen molar-refractivity contribution in [3.05, 3.63) is 39.0 Å². The Morgan fingerprint density at radius 1 is 1.00 bits per heavy atom. The number of piperidine rings is 1. The minimum atomic E-state index is -0.501. The molecule has 8 heteroatoms. The second-order valence-corrected chi connectivity index (χ2v) is 7.67. The van der Waals surface area contributed by atoms with E-state index in [-0.39, 0.29) is 5.56 Å². The van der Waals surface area contributed by atoms with Crippen LogP contribution in [0.15, 0.2) is 27.8 Å². The molecule has 0 amide bonds. The summed E-state index contributed by atoms with van der Waals surface area (Å²) in [7, 11) is 0. The summed E-state index contributed by atoms with van der Waals surface area (Å²) in [6.07, 6.45) is 2.26. The van der Waals surface area contributed by atoms with Gasteiger partial charge in [-0.05, 0) is 44.0 Å². The minimum Gasteiger partial charge on any atom is -0.493 e. The summed E-state index contributed by atoms with van der Waals surface area (Å²) in [6, 6.07) is 5.20. The average molecular weight is 388 g/mol. The van der Waals surface area contributed by atoms with Gasteiger partial charge in [0.05, 0.1) is 30.7 Å². The molecular formula is C20H28N4O4. The second-order valence-electron chi connectivity index (χ2n) is 7.67. The van der Waals surface area contributed by atoms with E-state index >= 15 is 0 Å². The summed E-state index contributed by atoms with van der Waals surface area (Å²) in [5.74, 6) is 1.22. The zero-order valence-electron chi connectivity index (χ0n) is 16.1. The monoisotopic (exact) mass is 388 g/mol. The van der Waals surface area contributed by atoms with Crippen molar-refractivity contribution >= 4 is 10.9 Å². The van der Waals surface area contributed by atoms with Gasteiger partial charge >= 0.3 is 5.69 Å². The highest BCUT2D eigenvalue weighted by Crippen LogP contribution is 2.21. The molecule has 2 N–H and O–H groups in total. The van der Waals surface area contributed by atoms with E-state index in [1.165, 1.54) is 0 Å². The molecule has 0 bridgehead atoms. The van der Waals surface area contributed by atoms with Gasteiger partial charge in [0.25, 0.3) is 5.56 Å². The zero-order valence-corrected chi connectivity index (χ0v) is 16.1. The van der Waals surface area contributed by atoms with Crippen molar-refractivity contribution in [1.82, 2.24) is 19.8 Å². The minimum absolute atomic E-state index is 0.380. The second kappa shape index (κ2) is 8.89. The summed E-state index contributed by atoms with van der Waals surface area (Å²) in [4.78, 5) is 33.1. The molecule has 0 aliphatic carbocycles. The maximum absolute atomic E-state index is 11.8. The summed E-state index contributed by atoms with van der Waals surface area (Å²) in [5.41, 5.74) is -0.377. The Hall–Kier alpha value is -2.16. The largest absolute Gasteiger partial charge is 0.493 e. The Morgan fingerprint density at radius 2 is 1.71 bits per heavy atom. The maximum atomic E-state index is 11.8. The van der Waals surface area contributed by atoms with Gasteiger partial charge in [-0.25, -0.2) is 4.79 Å². The van der Waals surface area contributed by atoms with Crippen LogP contribution in [0.5, 0.6) is 5.75 Å². The molecule has 2 aliphatic rings. The number of rotatable bonds is 6. The maximum Gasteiger partial charge on any atom is 0.326 e. The molecule has 0 saturated carbocycles. The topological polar surface area (TPSA) is 90.7 Å². The highest BCUT2D eigenvalue weighted by atomic mass is 16.5. The van der Waals surface area contributed by atoms with Crippen LogP contribution in [-0.4, -0.2) is 78.9 Å². The quantitative estimate of drug-likeness (QED) is 0.755. The predicted molar refractivity (Wildman–Crippen MR) is 107 cm³/mol. The molecule has 2 aromatic rings. The summed E-state index contributed by atoms with van der Waals surface area (Å²) < 4.78 is 11.3. The lowest BCUT2D eigenvalue weighted by Crippen LogP contribution is -2.43. The van der Waals surface area contributed by atoms with E-state index in [9.17, 15) is 9.59 Å². The number of nitrogens with zero attached hydrogens (tertiary/aromatic N) is 2. The van der Waals surface area contributed by atoms with Gasteiger partial charge in [-0.15, -0.1) is 0 Å². The standard InChI is InChI=1S/C20H28N4O4/c25-19-17-2-1-16(13-18(17)21-20(26)22-19)28-14-15-3-5-23(6-4-15)7-8-24-9-11-27-12-10-24/h1-2,13,15H,3-12,14H2,(H2,21,22,25,26). The Balaban J connectivity index is 1.23. The van der Waals surface area contributed by atoms with Gasteiger partial charge in [0, 0.05) is 32.2 Å². The average Bonchev–Trinajstić information content (AvgIpc) is 2.72. The van der Waals surface area contributed by atoms with E-state index in [0.29, 0.717) is 29.2 Å². The van der Waals surface area contributed by atoms with Crippen LogP contribution >= 0.6 is 0 Å². The molecule has 28 heavy (non-hydrogen) atoms. The number of hydrogen-bond donors (Lipinski definition) is 2. The van der Waals surface area contributed by atoms with Crippen LogP contribution in [0, 0.1) is 5.92 Å². The Labute approximate surface area is 163 Å². The number of hydrogen-bond acceptors (Lipinski definition) is 6. The fraction of sp³-hybridized carbons (Fsp3) is 0.600. The fourth-order valence-corrected chi connectivity index (χ4v) is 3.94. The van der Waals surface area contributed by atoms with Gasteiger partial charge in [-0.2, -0.15) is 0 Å². The lowest BCUT2D eigenvalue weighted by atomic mass is 9.98. The van der Waals surface area contributed by atoms with Crippen molar-refractivity contribution in [3.8, 4) is 5.75 Å². The molecule has 2 aliphatic heterocycles. The highest BCUT2D eigenvalue weighted by Gasteiger charge is 2.20. The van der Waals surface area contributed by atoms with Crippen molar-refractivity contribution in [3.63, 3.8) is 0 Å². The Morgan fingerprint density at radius 3 is 2.46 bits per heavy atom. The molecule has 1 aromatic carbocycles. The van der Waals surface area contributed by atoms with Gasteiger partial charge in [0.1, 0.15) is 5.75 Å². The van der Waals surface area contributed by atoms with Crippen LogP contribution in [0.25, 0.3) is 10.9 Å². The van der Waals surface area contributed by atoms with Crippen molar-refractivity contribution in [2.45, 2.75) is 12.8 Å². The number of likely N-dealkylation sites (tertiary alicyclic amines) is 1. The molecule has 2 saturated heterocycles. The van der Waals surface area contributed by atoms with Crippen LogP contribution < -0.4 is 16.0 Å². The molecule has 0 spiro atoms. The van der Waals surface area contributed by atoms with Crippen molar-refractivity contribution in [2.75, 3.05) is 59.1 Å². The first-order valence-electron chi connectivity index (χ1n) is 10.1. The Bertz CT molecular complexity index is 895. The number of aromatic amines is 2. The number of benzene rings is 1. The fourth-order valence-electron chi connectivity index (χ4n) is 3.94. The first kappa shape index (κ1) is 19.2. The van der Waals surface area contributed by atoms with Crippen molar-refractivity contribution in [1.29, 1.82) is 0 Å². The lowest BCUT2D eigenvalue weighted by Gasteiger charge is -2.34. The molecule has 0 unspecified atom stereocenters. The van der Waals surface area contributed by atoms with E-state index in [2.05, 4.69) is 19.8 Å².